The number of pyridine rings is 1. The van der Waals surface area contributed by atoms with E-state index in [2.05, 4.69) is 11.1 Å². The highest BCUT2D eigenvalue weighted by molar-refractivity contribution is 5.96. The first-order valence-corrected chi connectivity index (χ1v) is 12.6. The zero-order chi connectivity index (χ0) is 25.1. The highest BCUT2D eigenvalue weighted by atomic mass is 16.5. The molecule has 0 amide bonds. The Balaban J connectivity index is 1.50. The van der Waals surface area contributed by atoms with E-state index in [0.29, 0.717) is 48.2 Å². The second kappa shape index (κ2) is 10.5. The molecule has 7 heteroatoms. The van der Waals surface area contributed by atoms with Gasteiger partial charge in [-0.05, 0) is 43.4 Å². The van der Waals surface area contributed by atoms with Gasteiger partial charge in [-0.3, -0.25) is 4.79 Å². The minimum Gasteiger partial charge on any atom is -0.496 e. The third kappa shape index (κ3) is 4.83. The summed E-state index contributed by atoms with van der Waals surface area (Å²) in [6.45, 7) is 1.86. The van der Waals surface area contributed by atoms with Crippen LogP contribution in [-0.2, 0) is 12.8 Å². The van der Waals surface area contributed by atoms with Crippen molar-refractivity contribution in [3.63, 3.8) is 0 Å². The van der Waals surface area contributed by atoms with Crippen LogP contribution >= 0.6 is 0 Å². The fraction of sp³-hybridized carbons (Fsp3) is 0.379. The topological polar surface area (TPSA) is 83.4 Å². The van der Waals surface area contributed by atoms with E-state index >= 15 is 0 Å². The first kappa shape index (κ1) is 24.0. The van der Waals surface area contributed by atoms with Gasteiger partial charge in [-0.1, -0.05) is 25.1 Å². The van der Waals surface area contributed by atoms with E-state index in [1.807, 2.05) is 37.4 Å². The molecule has 7 nitrogen and oxygen atoms in total. The van der Waals surface area contributed by atoms with Crippen LogP contribution in [0.25, 0.3) is 5.57 Å². The maximum atomic E-state index is 12.2. The van der Waals surface area contributed by atoms with Gasteiger partial charge in [0.1, 0.15) is 17.7 Å². The number of ketones is 1. The number of Topliss-reactive ketones (excluding diaryl/α,β-unsaturated/α-hetero) is 1. The number of carbonyl (C=O) groups excluding carboxylic acids is 1. The lowest BCUT2D eigenvalue weighted by Crippen LogP contribution is -2.15. The standard InChI is InChI=1S/C29H31N3O4/c1-4-24(33)18-9-10-19(25(15-18)34-2)16-26-31-23-13-12-22(20-11-14-27(35-3)30-17-20)28(23)29(32-26)36-21-7-5-6-8-21/h9-12,14-15,17,21H,4-8,13,16H2,1-3H3. The number of hydrogen-bond acceptors (Lipinski definition) is 7. The molecule has 0 N–H and O–H groups in total. The maximum absolute atomic E-state index is 12.2. The number of ether oxygens (including phenoxy) is 3. The molecule has 0 radical (unpaired) electrons. The Bertz CT molecular complexity index is 1290. The summed E-state index contributed by atoms with van der Waals surface area (Å²) >= 11 is 0. The van der Waals surface area contributed by atoms with Gasteiger partial charge in [-0.15, -0.1) is 0 Å². The number of benzene rings is 1. The third-order valence-corrected chi connectivity index (χ3v) is 6.88. The van der Waals surface area contributed by atoms with E-state index < -0.39 is 0 Å². The molecule has 2 aliphatic carbocycles. The zero-order valence-corrected chi connectivity index (χ0v) is 21.0. The highest BCUT2D eigenvalue weighted by Crippen LogP contribution is 2.39. The number of nitrogens with zero attached hydrogens (tertiary/aromatic N) is 3. The van der Waals surface area contributed by atoms with E-state index in [1.165, 1.54) is 12.8 Å². The molecular formula is C29H31N3O4. The van der Waals surface area contributed by atoms with Crippen molar-refractivity contribution in [2.24, 2.45) is 0 Å². The molecule has 0 atom stereocenters. The van der Waals surface area contributed by atoms with Crippen LogP contribution in [-0.4, -0.2) is 41.1 Å². The van der Waals surface area contributed by atoms with E-state index in [0.717, 1.165) is 40.8 Å². The van der Waals surface area contributed by atoms with Crippen molar-refractivity contribution in [1.29, 1.82) is 0 Å². The van der Waals surface area contributed by atoms with Crippen LogP contribution in [0, 0.1) is 0 Å². The monoisotopic (exact) mass is 485 g/mol. The fourth-order valence-electron chi connectivity index (χ4n) is 4.94. The number of aromatic nitrogens is 3. The SMILES string of the molecule is CCC(=O)c1ccc(Cc2nc3c(c(OC4CCCC4)n2)C(c2ccc(OC)nc2)=CC3)c(OC)c1. The molecule has 1 fully saturated rings. The van der Waals surface area contributed by atoms with Crippen molar-refractivity contribution >= 4 is 11.4 Å². The van der Waals surface area contributed by atoms with Crippen LogP contribution in [0.5, 0.6) is 17.5 Å². The Kier molecular flexibility index (Phi) is 6.98. The van der Waals surface area contributed by atoms with Gasteiger partial charge in [-0.2, -0.15) is 4.98 Å². The minimum atomic E-state index is 0.0903. The zero-order valence-electron chi connectivity index (χ0n) is 21.0. The van der Waals surface area contributed by atoms with Gasteiger partial charge in [-0.25, -0.2) is 9.97 Å². The molecule has 2 heterocycles. The van der Waals surface area contributed by atoms with Crippen molar-refractivity contribution in [3.8, 4) is 17.5 Å². The number of methoxy groups -OCH3 is 2. The fourth-order valence-corrected chi connectivity index (χ4v) is 4.94. The van der Waals surface area contributed by atoms with Gasteiger partial charge in [0.2, 0.25) is 11.8 Å². The number of fused-ring (bicyclic) bond motifs is 1. The lowest BCUT2D eigenvalue weighted by Gasteiger charge is -2.18. The van der Waals surface area contributed by atoms with Gasteiger partial charge in [0, 0.05) is 48.2 Å². The van der Waals surface area contributed by atoms with Crippen molar-refractivity contribution in [2.75, 3.05) is 14.2 Å². The number of allylic oxidation sites excluding steroid dienone is 1. The molecule has 186 valence electrons. The Morgan fingerprint density at radius 2 is 1.89 bits per heavy atom. The molecule has 0 aliphatic heterocycles. The number of hydrogen-bond donors (Lipinski definition) is 0. The Labute approximate surface area is 211 Å². The summed E-state index contributed by atoms with van der Waals surface area (Å²) in [5, 5.41) is 0. The summed E-state index contributed by atoms with van der Waals surface area (Å²) in [6.07, 6.45) is 10.2. The van der Waals surface area contributed by atoms with Gasteiger partial charge in [0.25, 0.3) is 0 Å². The van der Waals surface area contributed by atoms with E-state index in [1.54, 1.807) is 20.3 Å². The molecule has 3 aromatic rings. The normalized spacial score (nSPS) is 14.9. The number of carbonyl (C=O) groups is 1. The summed E-state index contributed by atoms with van der Waals surface area (Å²) in [7, 11) is 3.23. The van der Waals surface area contributed by atoms with Crippen molar-refractivity contribution in [1.82, 2.24) is 15.0 Å². The Hall–Kier alpha value is -3.74. The molecule has 0 bridgehead atoms. The lowest BCUT2D eigenvalue weighted by atomic mass is 10.0. The van der Waals surface area contributed by atoms with Gasteiger partial charge in [0.15, 0.2) is 5.78 Å². The quantitative estimate of drug-likeness (QED) is 0.376. The highest BCUT2D eigenvalue weighted by Gasteiger charge is 2.28. The molecule has 2 aliphatic rings. The van der Waals surface area contributed by atoms with Crippen LogP contribution in [0.1, 0.15) is 77.6 Å². The average molecular weight is 486 g/mol. The smallest absolute Gasteiger partial charge is 0.225 e. The van der Waals surface area contributed by atoms with E-state index in [-0.39, 0.29) is 11.9 Å². The summed E-state index contributed by atoms with van der Waals surface area (Å²) in [5.74, 6) is 2.65. The molecular weight excluding hydrogens is 454 g/mol. The molecule has 0 saturated heterocycles. The van der Waals surface area contributed by atoms with E-state index in [9.17, 15) is 4.79 Å². The minimum absolute atomic E-state index is 0.0903. The molecule has 1 aromatic carbocycles. The molecule has 2 aromatic heterocycles. The molecule has 36 heavy (non-hydrogen) atoms. The van der Waals surface area contributed by atoms with Crippen LogP contribution in [0.15, 0.2) is 42.6 Å². The van der Waals surface area contributed by atoms with Gasteiger partial charge >= 0.3 is 0 Å². The van der Waals surface area contributed by atoms with Crippen LogP contribution in [0.4, 0.5) is 0 Å². The predicted octanol–water partition coefficient (Wildman–Crippen LogP) is 5.38. The van der Waals surface area contributed by atoms with Crippen molar-refractivity contribution in [2.45, 2.75) is 58.0 Å². The van der Waals surface area contributed by atoms with Crippen LogP contribution in [0.3, 0.4) is 0 Å². The Morgan fingerprint density at radius 1 is 1.06 bits per heavy atom. The van der Waals surface area contributed by atoms with E-state index in [4.69, 9.17) is 24.2 Å². The lowest BCUT2D eigenvalue weighted by molar-refractivity contribution is 0.0988. The van der Waals surface area contributed by atoms with Gasteiger partial charge < -0.3 is 14.2 Å². The molecule has 0 unspecified atom stereocenters. The third-order valence-electron chi connectivity index (χ3n) is 6.88. The second-order valence-corrected chi connectivity index (χ2v) is 9.18. The largest absolute Gasteiger partial charge is 0.496 e. The van der Waals surface area contributed by atoms with Crippen LogP contribution in [0.2, 0.25) is 0 Å². The molecule has 1 saturated carbocycles. The molecule has 0 spiro atoms. The average Bonchev–Trinajstić information content (AvgIpc) is 3.58. The summed E-state index contributed by atoms with van der Waals surface area (Å²) < 4.78 is 17.3. The van der Waals surface area contributed by atoms with Crippen molar-refractivity contribution in [3.05, 3.63) is 76.4 Å². The second-order valence-electron chi connectivity index (χ2n) is 9.18. The van der Waals surface area contributed by atoms with Gasteiger partial charge in [0.05, 0.1) is 25.5 Å². The molecule has 5 rings (SSSR count). The summed E-state index contributed by atoms with van der Waals surface area (Å²) in [6, 6.07) is 9.46. The first-order valence-electron chi connectivity index (χ1n) is 12.6. The summed E-state index contributed by atoms with van der Waals surface area (Å²) in [4.78, 5) is 26.4. The predicted molar refractivity (Wildman–Crippen MR) is 137 cm³/mol. The van der Waals surface area contributed by atoms with Crippen molar-refractivity contribution < 1.29 is 19.0 Å². The number of rotatable bonds is 9. The first-order chi connectivity index (χ1) is 17.6. The maximum Gasteiger partial charge on any atom is 0.225 e. The van der Waals surface area contributed by atoms with Crippen LogP contribution < -0.4 is 14.2 Å². The Morgan fingerprint density at radius 3 is 2.58 bits per heavy atom. The summed E-state index contributed by atoms with van der Waals surface area (Å²) in [5.41, 5.74) is 5.52.